The molecule has 1 saturated heterocycles. The zero-order chi connectivity index (χ0) is 21.5. The second-order valence-corrected chi connectivity index (χ2v) is 7.65. The SMILES string of the molecule is COc1ccc(C[NH+]2CC[NH+](CC(=O)N[C@@H](C)c3ccco3)CC2)c(OC)c1OC. The molecule has 0 radical (unpaired) electrons. The van der Waals surface area contributed by atoms with Gasteiger partial charge in [0.1, 0.15) is 38.5 Å². The highest BCUT2D eigenvalue weighted by Crippen LogP contribution is 2.39. The lowest BCUT2D eigenvalue weighted by Gasteiger charge is -2.30. The smallest absolute Gasteiger partial charge is 0.275 e. The second-order valence-electron chi connectivity index (χ2n) is 7.65. The van der Waals surface area contributed by atoms with Crippen molar-refractivity contribution < 1.29 is 33.2 Å². The van der Waals surface area contributed by atoms with Crippen LogP contribution in [0.4, 0.5) is 0 Å². The van der Waals surface area contributed by atoms with Gasteiger partial charge in [0.25, 0.3) is 5.91 Å². The molecule has 30 heavy (non-hydrogen) atoms. The van der Waals surface area contributed by atoms with Crippen molar-refractivity contribution in [1.82, 2.24) is 5.32 Å². The third-order valence-electron chi connectivity index (χ3n) is 5.65. The summed E-state index contributed by atoms with van der Waals surface area (Å²) in [6.45, 7) is 7.16. The minimum atomic E-state index is -0.115. The van der Waals surface area contributed by atoms with Crippen LogP contribution in [0.1, 0.15) is 24.3 Å². The molecule has 0 aliphatic carbocycles. The van der Waals surface area contributed by atoms with Crippen LogP contribution in [-0.4, -0.2) is 60.0 Å². The van der Waals surface area contributed by atoms with Gasteiger partial charge < -0.3 is 33.7 Å². The number of carbonyl (C=O) groups excluding carboxylic acids is 1. The monoisotopic (exact) mass is 419 g/mol. The zero-order valence-corrected chi connectivity index (χ0v) is 18.2. The summed E-state index contributed by atoms with van der Waals surface area (Å²) in [5.74, 6) is 2.85. The number of ether oxygens (including phenoxy) is 3. The number of carbonyl (C=O) groups is 1. The minimum Gasteiger partial charge on any atom is -0.493 e. The molecule has 8 heteroatoms. The number of hydrogen-bond acceptors (Lipinski definition) is 5. The number of benzene rings is 1. The maximum absolute atomic E-state index is 12.4. The number of hydrogen-bond donors (Lipinski definition) is 3. The van der Waals surface area contributed by atoms with Gasteiger partial charge in [-0.05, 0) is 31.2 Å². The fourth-order valence-electron chi connectivity index (χ4n) is 4.01. The second kappa shape index (κ2) is 10.4. The molecule has 164 valence electrons. The van der Waals surface area contributed by atoms with Crippen molar-refractivity contribution in [3.63, 3.8) is 0 Å². The van der Waals surface area contributed by atoms with E-state index in [1.165, 1.54) is 9.80 Å². The van der Waals surface area contributed by atoms with Gasteiger partial charge in [-0.1, -0.05) is 0 Å². The van der Waals surface area contributed by atoms with Gasteiger partial charge in [-0.15, -0.1) is 0 Å². The van der Waals surface area contributed by atoms with E-state index in [2.05, 4.69) is 5.32 Å². The van der Waals surface area contributed by atoms with Crippen molar-refractivity contribution >= 4 is 5.91 Å². The van der Waals surface area contributed by atoms with Crippen LogP contribution >= 0.6 is 0 Å². The van der Waals surface area contributed by atoms with Crippen molar-refractivity contribution in [1.29, 1.82) is 0 Å². The Balaban J connectivity index is 1.50. The van der Waals surface area contributed by atoms with Crippen LogP contribution in [0.3, 0.4) is 0 Å². The van der Waals surface area contributed by atoms with E-state index in [0.717, 1.165) is 49.8 Å². The van der Waals surface area contributed by atoms with Gasteiger partial charge in [0.2, 0.25) is 5.75 Å². The Labute approximate surface area is 177 Å². The molecule has 1 aromatic carbocycles. The summed E-state index contributed by atoms with van der Waals surface area (Å²) in [5, 5.41) is 3.02. The van der Waals surface area contributed by atoms with Crippen molar-refractivity contribution in [2.24, 2.45) is 0 Å². The number of furan rings is 1. The number of nitrogens with one attached hydrogen (secondary N) is 3. The third-order valence-corrected chi connectivity index (χ3v) is 5.65. The Morgan fingerprint density at radius 3 is 2.33 bits per heavy atom. The fourth-order valence-corrected chi connectivity index (χ4v) is 4.01. The van der Waals surface area contributed by atoms with E-state index in [9.17, 15) is 4.79 Å². The highest BCUT2D eigenvalue weighted by Gasteiger charge is 2.27. The molecular formula is C22H33N3O5+2. The Morgan fingerprint density at radius 1 is 1.03 bits per heavy atom. The number of piperazine rings is 1. The Kier molecular flexibility index (Phi) is 7.59. The summed E-state index contributed by atoms with van der Waals surface area (Å²) in [5.41, 5.74) is 1.10. The maximum Gasteiger partial charge on any atom is 0.275 e. The zero-order valence-electron chi connectivity index (χ0n) is 18.2. The highest BCUT2D eigenvalue weighted by molar-refractivity contribution is 5.77. The average Bonchev–Trinajstić information content (AvgIpc) is 3.29. The summed E-state index contributed by atoms with van der Waals surface area (Å²) in [4.78, 5) is 15.2. The maximum atomic E-state index is 12.4. The first-order valence-corrected chi connectivity index (χ1v) is 10.3. The summed E-state index contributed by atoms with van der Waals surface area (Å²) in [6.07, 6.45) is 1.62. The van der Waals surface area contributed by atoms with Crippen LogP contribution < -0.4 is 29.3 Å². The highest BCUT2D eigenvalue weighted by atomic mass is 16.5. The van der Waals surface area contributed by atoms with E-state index in [0.29, 0.717) is 18.0 Å². The van der Waals surface area contributed by atoms with E-state index < -0.39 is 0 Å². The topological polar surface area (TPSA) is 78.8 Å². The van der Waals surface area contributed by atoms with Crippen LogP contribution in [0.5, 0.6) is 17.2 Å². The minimum absolute atomic E-state index is 0.0545. The summed E-state index contributed by atoms with van der Waals surface area (Å²) in [6, 6.07) is 7.55. The quantitative estimate of drug-likeness (QED) is 0.509. The summed E-state index contributed by atoms with van der Waals surface area (Å²) < 4.78 is 21.8. The molecule has 3 rings (SSSR count). The molecule has 0 spiro atoms. The lowest BCUT2D eigenvalue weighted by Crippen LogP contribution is -3.28. The molecular weight excluding hydrogens is 386 g/mol. The number of quaternary nitrogens is 2. The van der Waals surface area contributed by atoms with Gasteiger partial charge in [0, 0.05) is 0 Å². The van der Waals surface area contributed by atoms with Crippen LogP contribution in [-0.2, 0) is 11.3 Å². The van der Waals surface area contributed by atoms with Gasteiger partial charge in [-0.2, -0.15) is 0 Å². The Hall–Kier alpha value is -2.71. The van der Waals surface area contributed by atoms with E-state index in [-0.39, 0.29) is 11.9 Å². The van der Waals surface area contributed by atoms with Crippen molar-refractivity contribution in [3.05, 3.63) is 41.9 Å². The molecule has 1 atom stereocenters. The van der Waals surface area contributed by atoms with E-state index in [4.69, 9.17) is 18.6 Å². The van der Waals surface area contributed by atoms with Gasteiger partial charge >= 0.3 is 0 Å². The van der Waals surface area contributed by atoms with Gasteiger partial charge in [0.05, 0.1) is 39.2 Å². The van der Waals surface area contributed by atoms with Gasteiger partial charge in [-0.25, -0.2) is 0 Å². The molecule has 0 unspecified atom stereocenters. The fraction of sp³-hybridized carbons (Fsp3) is 0.500. The molecule has 8 nitrogen and oxygen atoms in total. The Morgan fingerprint density at radius 2 is 1.73 bits per heavy atom. The predicted molar refractivity (Wildman–Crippen MR) is 111 cm³/mol. The van der Waals surface area contributed by atoms with E-state index >= 15 is 0 Å². The first-order valence-electron chi connectivity index (χ1n) is 10.3. The molecule has 1 aliphatic heterocycles. The molecule has 1 fully saturated rings. The number of amides is 1. The molecule has 1 amide bonds. The number of methoxy groups -OCH3 is 3. The molecule has 2 heterocycles. The largest absolute Gasteiger partial charge is 0.493 e. The first kappa shape index (κ1) is 22.0. The Bertz CT molecular complexity index is 816. The lowest BCUT2D eigenvalue weighted by atomic mass is 10.1. The predicted octanol–water partition coefficient (Wildman–Crippen LogP) is -0.534. The molecule has 1 aliphatic rings. The standard InChI is InChI=1S/C22H31N3O5/c1-16(18-6-5-13-30-18)23-20(26)15-25-11-9-24(10-12-25)14-17-7-8-19(27-2)22(29-4)21(17)28-3/h5-8,13,16H,9-12,14-15H2,1-4H3,(H,23,26)/p+2/t16-/m0/s1. The van der Waals surface area contributed by atoms with Crippen molar-refractivity contribution in [2.45, 2.75) is 19.5 Å². The molecule has 0 saturated carbocycles. The number of rotatable bonds is 9. The molecule has 3 N–H and O–H groups in total. The van der Waals surface area contributed by atoms with E-state index in [1.807, 2.05) is 31.2 Å². The molecule has 2 aromatic rings. The lowest BCUT2D eigenvalue weighted by molar-refractivity contribution is -1.02. The van der Waals surface area contributed by atoms with Crippen LogP contribution in [0.25, 0.3) is 0 Å². The first-order chi connectivity index (χ1) is 14.5. The van der Waals surface area contributed by atoms with Crippen LogP contribution in [0.2, 0.25) is 0 Å². The third kappa shape index (κ3) is 5.25. The van der Waals surface area contributed by atoms with Crippen molar-refractivity contribution in [3.8, 4) is 17.2 Å². The normalized spacial score (nSPS) is 19.7. The average molecular weight is 420 g/mol. The van der Waals surface area contributed by atoms with E-state index in [1.54, 1.807) is 27.6 Å². The molecule has 0 bridgehead atoms. The summed E-state index contributed by atoms with van der Waals surface area (Å²) >= 11 is 0. The van der Waals surface area contributed by atoms with Gasteiger partial charge in [-0.3, -0.25) is 4.79 Å². The van der Waals surface area contributed by atoms with Crippen LogP contribution in [0.15, 0.2) is 34.9 Å². The van der Waals surface area contributed by atoms with Crippen molar-refractivity contribution in [2.75, 3.05) is 54.1 Å². The molecule has 1 aromatic heterocycles. The summed E-state index contributed by atoms with van der Waals surface area (Å²) in [7, 11) is 4.90. The van der Waals surface area contributed by atoms with Gasteiger partial charge in [0.15, 0.2) is 18.0 Å². The van der Waals surface area contributed by atoms with Crippen LogP contribution in [0, 0.1) is 0 Å².